The van der Waals surface area contributed by atoms with E-state index in [0.717, 1.165) is 24.8 Å². The zero-order valence-electron chi connectivity index (χ0n) is 17.6. The van der Waals surface area contributed by atoms with Gasteiger partial charge in [0.2, 0.25) is 0 Å². The summed E-state index contributed by atoms with van der Waals surface area (Å²) in [5.41, 5.74) is 2.25. The summed E-state index contributed by atoms with van der Waals surface area (Å²) < 4.78 is 7.07. The van der Waals surface area contributed by atoms with Gasteiger partial charge in [-0.15, -0.1) is 0 Å². The van der Waals surface area contributed by atoms with Gasteiger partial charge in [-0.3, -0.25) is 4.79 Å². The first-order valence-electron chi connectivity index (χ1n) is 10.9. The van der Waals surface area contributed by atoms with Gasteiger partial charge in [-0.1, -0.05) is 30.3 Å². The number of ketones is 1. The lowest BCUT2D eigenvalue weighted by Gasteiger charge is -2.47. The van der Waals surface area contributed by atoms with Gasteiger partial charge in [-0.25, -0.2) is 14.3 Å². The molecule has 3 aromatic rings. The number of hydrogen-bond acceptors (Lipinski definition) is 6. The number of ether oxygens (including phenoxy) is 1. The quantitative estimate of drug-likeness (QED) is 0.586. The zero-order valence-corrected chi connectivity index (χ0v) is 17.6. The molecule has 0 saturated carbocycles. The smallest absolute Gasteiger partial charge is 0.410 e. The molecule has 2 bridgehead atoms. The Bertz CT molecular complexity index is 1190. The highest BCUT2D eigenvalue weighted by atomic mass is 16.6. The topological polar surface area (TPSA) is 101 Å². The molecule has 1 aromatic carbocycles. The van der Waals surface area contributed by atoms with E-state index in [4.69, 9.17) is 10.00 Å². The number of benzene rings is 1. The van der Waals surface area contributed by atoms with Crippen LogP contribution in [-0.2, 0) is 11.3 Å². The highest BCUT2D eigenvalue weighted by molar-refractivity contribution is 5.97. The number of carbonyl (C=O) groups is 2. The van der Waals surface area contributed by atoms with Crippen LogP contribution in [0.3, 0.4) is 0 Å². The lowest BCUT2D eigenvalue weighted by molar-refractivity contribution is 0.00471. The van der Waals surface area contributed by atoms with E-state index in [0.29, 0.717) is 29.6 Å². The average molecular weight is 429 g/mol. The third kappa shape index (κ3) is 3.71. The second-order valence-electron chi connectivity index (χ2n) is 8.50. The molecule has 32 heavy (non-hydrogen) atoms. The second kappa shape index (κ2) is 8.42. The van der Waals surface area contributed by atoms with E-state index in [2.05, 4.69) is 10.1 Å². The van der Waals surface area contributed by atoms with Gasteiger partial charge in [-0.2, -0.15) is 10.4 Å². The zero-order chi connectivity index (χ0) is 22.1. The Labute approximate surface area is 185 Å². The number of aromatic nitrogens is 3. The number of hydrogen-bond donors (Lipinski definition) is 0. The Balaban J connectivity index is 1.29. The minimum Gasteiger partial charge on any atom is -0.445 e. The first-order chi connectivity index (χ1) is 15.6. The third-order valence-electron chi connectivity index (χ3n) is 6.52. The molecule has 0 radical (unpaired) electrons. The number of piperidine rings is 2. The number of fused-ring (bicyclic) bond motifs is 3. The summed E-state index contributed by atoms with van der Waals surface area (Å²) in [6.07, 6.45) is 8.37. The number of carbonyl (C=O) groups excluding carboxylic acids is 2. The van der Waals surface area contributed by atoms with Crippen LogP contribution in [0, 0.1) is 17.2 Å². The van der Waals surface area contributed by atoms with Crippen LogP contribution in [0.15, 0.2) is 48.9 Å². The molecule has 1 amide bonds. The van der Waals surface area contributed by atoms with Crippen LogP contribution in [0.4, 0.5) is 4.79 Å². The van der Waals surface area contributed by atoms with Crippen LogP contribution in [0.1, 0.15) is 53.6 Å². The maximum atomic E-state index is 13.3. The van der Waals surface area contributed by atoms with Crippen LogP contribution in [0.5, 0.6) is 0 Å². The van der Waals surface area contributed by atoms with Gasteiger partial charge in [0.15, 0.2) is 11.4 Å². The Morgan fingerprint density at radius 3 is 2.59 bits per heavy atom. The monoisotopic (exact) mass is 429 g/mol. The van der Waals surface area contributed by atoms with E-state index in [1.807, 2.05) is 41.3 Å². The molecule has 8 nitrogen and oxygen atoms in total. The highest BCUT2D eigenvalue weighted by Crippen LogP contribution is 2.38. The van der Waals surface area contributed by atoms with Crippen LogP contribution in [0.2, 0.25) is 0 Å². The fourth-order valence-electron chi connectivity index (χ4n) is 5.00. The number of rotatable bonds is 4. The van der Waals surface area contributed by atoms with Gasteiger partial charge in [-0.05, 0) is 37.7 Å². The summed E-state index contributed by atoms with van der Waals surface area (Å²) >= 11 is 0. The summed E-state index contributed by atoms with van der Waals surface area (Å²) in [6.45, 7) is 0.248. The molecule has 2 aliphatic heterocycles. The maximum absolute atomic E-state index is 13.3. The van der Waals surface area contributed by atoms with Crippen molar-refractivity contribution < 1.29 is 14.3 Å². The van der Waals surface area contributed by atoms with Gasteiger partial charge in [0.25, 0.3) is 0 Å². The molecule has 2 fully saturated rings. The van der Waals surface area contributed by atoms with Crippen LogP contribution in [-0.4, -0.2) is 43.5 Å². The van der Waals surface area contributed by atoms with Crippen molar-refractivity contribution in [2.24, 2.45) is 5.92 Å². The third-order valence-corrected chi connectivity index (χ3v) is 6.52. The minimum absolute atomic E-state index is 0.00584. The van der Waals surface area contributed by atoms with Gasteiger partial charge in [0.1, 0.15) is 18.2 Å². The van der Waals surface area contributed by atoms with E-state index in [9.17, 15) is 9.59 Å². The number of nitrogens with zero attached hydrogens (tertiary/aromatic N) is 5. The first kappa shape index (κ1) is 20.2. The average Bonchev–Trinajstić information content (AvgIpc) is 3.24. The van der Waals surface area contributed by atoms with Gasteiger partial charge in [0, 0.05) is 30.4 Å². The van der Waals surface area contributed by atoms with E-state index in [-0.39, 0.29) is 36.5 Å². The van der Waals surface area contributed by atoms with E-state index >= 15 is 0 Å². The SMILES string of the molecule is N#Cc1cnn2cc(C(=O)C3CC4CCCC(C3)N4C(=O)OCc3ccccc3)cnc12. The molecule has 5 rings (SSSR count). The molecule has 0 aliphatic carbocycles. The number of nitriles is 1. The van der Waals surface area contributed by atoms with Crippen LogP contribution >= 0.6 is 0 Å². The molecule has 4 heterocycles. The molecule has 162 valence electrons. The van der Waals surface area contributed by atoms with Crippen molar-refractivity contribution >= 4 is 17.5 Å². The summed E-state index contributed by atoms with van der Waals surface area (Å²) in [5.74, 6) is -0.156. The molecule has 2 atom stereocenters. The Morgan fingerprint density at radius 1 is 1.12 bits per heavy atom. The molecule has 8 heteroatoms. The van der Waals surface area contributed by atoms with Crippen molar-refractivity contribution in [1.82, 2.24) is 19.5 Å². The van der Waals surface area contributed by atoms with Crippen molar-refractivity contribution in [3.63, 3.8) is 0 Å². The molecule has 0 spiro atoms. The Hall–Kier alpha value is -3.73. The predicted molar refractivity (Wildman–Crippen MR) is 115 cm³/mol. The largest absolute Gasteiger partial charge is 0.445 e. The van der Waals surface area contributed by atoms with Gasteiger partial charge in [0.05, 0.1) is 11.8 Å². The summed E-state index contributed by atoms with van der Waals surface area (Å²) in [6, 6.07) is 11.7. The molecule has 2 aromatic heterocycles. The van der Waals surface area contributed by atoms with Gasteiger partial charge < -0.3 is 9.64 Å². The van der Waals surface area contributed by atoms with Crippen LogP contribution in [0.25, 0.3) is 5.65 Å². The van der Waals surface area contributed by atoms with Gasteiger partial charge >= 0.3 is 6.09 Å². The maximum Gasteiger partial charge on any atom is 0.410 e. The van der Waals surface area contributed by atoms with Crippen molar-refractivity contribution in [2.45, 2.75) is 50.8 Å². The minimum atomic E-state index is -0.293. The fourth-order valence-corrected chi connectivity index (χ4v) is 5.00. The molecule has 2 unspecified atom stereocenters. The molecular formula is C24H23N5O3. The molecular weight excluding hydrogens is 406 g/mol. The van der Waals surface area contributed by atoms with E-state index < -0.39 is 0 Å². The van der Waals surface area contributed by atoms with Crippen molar-refractivity contribution in [2.75, 3.05) is 0 Å². The normalized spacial score (nSPS) is 22.3. The second-order valence-corrected chi connectivity index (χ2v) is 8.50. The number of Topliss-reactive ketones (excluding diaryl/α,β-unsaturated/α-hetero) is 1. The van der Waals surface area contributed by atoms with E-state index in [1.165, 1.54) is 16.9 Å². The van der Waals surface area contributed by atoms with E-state index in [1.54, 1.807) is 6.20 Å². The summed E-state index contributed by atoms with van der Waals surface area (Å²) in [7, 11) is 0. The molecule has 2 aliphatic rings. The lowest BCUT2D eigenvalue weighted by Crippen LogP contribution is -2.55. The summed E-state index contributed by atoms with van der Waals surface area (Å²) in [5, 5.41) is 13.2. The fraction of sp³-hybridized carbons (Fsp3) is 0.375. The lowest BCUT2D eigenvalue weighted by atomic mass is 9.76. The Kier molecular flexibility index (Phi) is 5.31. The summed E-state index contributed by atoms with van der Waals surface area (Å²) in [4.78, 5) is 32.3. The van der Waals surface area contributed by atoms with Crippen molar-refractivity contribution in [3.8, 4) is 6.07 Å². The molecule has 0 N–H and O–H groups in total. The Morgan fingerprint density at radius 2 is 1.88 bits per heavy atom. The highest BCUT2D eigenvalue weighted by Gasteiger charge is 2.43. The standard InChI is InChI=1S/C24H23N5O3/c25-11-18-13-27-28-14-19(12-26-23(18)28)22(30)17-9-20-7-4-8-21(10-17)29(20)24(31)32-15-16-5-2-1-3-6-16/h1-3,5-6,12-14,17,20-21H,4,7-10,15H2. The number of amides is 1. The van der Waals surface area contributed by atoms with Crippen molar-refractivity contribution in [3.05, 3.63) is 65.6 Å². The predicted octanol–water partition coefficient (Wildman–Crippen LogP) is 3.75. The molecule has 2 saturated heterocycles. The first-order valence-corrected chi connectivity index (χ1v) is 10.9. The van der Waals surface area contributed by atoms with Crippen LogP contribution < -0.4 is 0 Å². The van der Waals surface area contributed by atoms with Crippen molar-refractivity contribution in [1.29, 1.82) is 5.26 Å².